The lowest BCUT2D eigenvalue weighted by Gasteiger charge is -2.07. The number of rotatable bonds is 5. The van der Waals surface area contributed by atoms with E-state index in [-0.39, 0.29) is 5.82 Å². The van der Waals surface area contributed by atoms with Crippen molar-refractivity contribution in [3.63, 3.8) is 0 Å². The maximum absolute atomic E-state index is 13.1. The zero-order valence-corrected chi connectivity index (χ0v) is 15.8. The Labute approximate surface area is 161 Å². The van der Waals surface area contributed by atoms with Crippen LogP contribution in [-0.4, -0.2) is 29.3 Å². The van der Waals surface area contributed by atoms with Crippen molar-refractivity contribution >= 4 is 21.4 Å². The summed E-state index contributed by atoms with van der Waals surface area (Å²) in [7, 11) is -3.36. The van der Waals surface area contributed by atoms with Crippen molar-refractivity contribution in [1.82, 2.24) is 14.6 Å². The van der Waals surface area contributed by atoms with Gasteiger partial charge in [-0.25, -0.2) is 22.3 Å². The van der Waals surface area contributed by atoms with Gasteiger partial charge < -0.3 is 0 Å². The number of nitrogens with zero attached hydrogens (tertiary/aromatic N) is 3. The Morgan fingerprint density at radius 1 is 1.07 bits per heavy atom. The molecule has 4 aromatic rings. The highest BCUT2D eigenvalue weighted by Crippen LogP contribution is 2.24. The lowest BCUT2D eigenvalue weighted by Crippen LogP contribution is -2.09. The Kier molecular flexibility index (Phi) is 4.56. The van der Waals surface area contributed by atoms with Crippen LogP contribution in [0.1, 0.15) is 11.3 Å². The Bertz CT molecular complexity index is 1250. The second-order valence-electron chi connectivity index (χ2n) is 6.50. The highest BCUT2D eigenvalue weighted by atomic mass is 32.2. The molecule has 2 aromatic heterocycles. The van der Waals surface area contributed by atoms with Gasteiger partial charge in [0.15, 0.2) is 5.65 Å². The average molecular weight is 396 g/mol. The van der Waals surface area contributed by atoms with Crippen LogP contribution in [0, 0.1) is 5.82 Å². The molecule has 1 N–H and O–H groups in total. The predicted molar refractivity (Wildman–Crippen MR) is 106 cm³/mol. The first-order valence-corrected chi connectivity index (χ1v) is 10.4. The topological polar surface area (TPSA) is 76.4 Å². The summed E-state index contributed by atoms with van der Waals surface area (Å²) in [5.41, 5.74) is 4.44. The fraction of sp³-hybridized carbons (Fsp3) is 0.100. The Morgan fingerprint density at radius 3 is 2.61 bits per heavy atom. The van der Waals surface area contributed by atoms with E-state index in [0.29, 0.717) is 17.8 Å². The van der Waals surface area contributed by atoms with Crippen molar-refractivity contribution in [3.8, 4) is 11.3 Å². The molecule has 2 aromatic carbocycles. The van der Waals surface area contributed by atoms with Crippen LogP contribution in [0.4, 0.5) is 10.1 Å². The first-order valence-electron chi connectivity index (χ1n) is 8.54. The minimum atomic E-state index is -3.36. The van der Waals surface area contributed by atoms with Crippen molar-refractivity contribution in [3.05, 3.63) is 83.9 Å². The summed E-state index contributed by atoms with van der Waals surface area (Å²) < 4.78 is 40.3. The molecule has 0 bridgehead atoms. The van der Waals surface area contributed by atoms with Gasteiger partial charge in [-0.15, -0.1) is 0 Å². The van der Waals surface area contributed by atoms with Crippen molar-refractivity contribution in [2.24, 2.45) is 0 Å². The SMILES string of the molecule is CS(=O)(=O)Nc1cccc(-c2cnc3ccc(Cc4ccc(F)cc4)nn23)c1. The third-order valence-corrected chi connectivity index (χ3v) is 4.78. The van der Waals surface area contributed by atoms with Crippen molar-refractivity contribution in [2.45, 2.75) is 6.42 Å². The lowest BCUT2D eigenvalue weighted by atomic mass is 10.1. The first kappa shape index (κ1) is 18.1. The number of hydrogen-bond donors (Lipinski definition) is 1. The van der Waals surface area contributed by atoms with Gasteiger partial charge in [-0.1, -0.05) is 24.3 Å². The largest absolute Gasteiger partial charge is 0.284 e. The molecule has 0 spiro atoms. The third kappa shape index (κ3) is 4.01. The molecule has 0 saturated heterocycles. The summed E-state index contributed by atoms with van der Waals surface area (Å²) in [5.74, 6) is -0.272. The quantitative estimate of drug-likeness (QED) is 0.560. The van der Waals surface area contributed by atoms with Gasteiger partial charge in [-0.05, 0) is 42.0 Å². The van der Waals surface area contributed by atoms with E-state index in [2.05, 4.69) is 14.8 Å². The minimum absolute atomic E-state index is 0.272. The molecule has 2 heterocycles. The molecular formula is C20H17FN4O2S. The van der Waals surface area contributed by atoms with Gasteiger partial charge in [0.1, 0.15) is 5.82 Å². The second-order valence-corrected chi connectivity index (χ2v) is 8.24. The Balaban J connectivity index is 1.70. The maximum atomic E-state index is 13.1. The lowest BCUT2D eigenvalue weighted by molar-refractivity contribution is 0.607. The van der Waals surface area contributed by atoms with Crippen LogP contribution in [0.3, 0.4) is 0 Å². The summed E-state index contributed by atoms with van der Waals surface area (Å²) in [6.07, 6.45) is 3.37. The van der Waals surface area contributed by atoms with Crippen LogP contribution < -0.4 is 4.72 Å². The molecule has 0 amide bonds. The Morgan fingerprint density at radius 2 is 1.86 bits per heavy atom. The van der Waals surface area contributed by atoms with Crippen LogP contribution >= 0.6 is 0 Å². The monoisotopic (exact) mass is 396 g/mol. The number of benzene rings is 2. The summed E-state index contributed by atoms with van der Waals surface area (Å²) in [6.45, 7) is 0. The molecule has 0 fully saturated rings. The molecule has 0 radical (unpaired) electrons. The van der Waals surface area contributed by atoms with Gasteiger partial charge in [0.2, 0.25) is 10.0 Å². The number of hydrogen-bond acceptors (Lipinski definition) is 4. The van der Waals surface area contributed by atoms with Crippen molar-refractivity contribution in [1.29, 1.82) is 0 Å². The fourth-order valence-corrected chi connectivity index (χ4v) is 3.53. The van der Waals surface area contributed by atoms with Crippen molar-refractivity contribution in [2.75, 3.05) is 11.0 Å². The zero-order valence-electron chi connectivity index (χ0n) is 15.0. The van der Waals surface area contributed by atoms with E-state index in [1.54, 1.807) is 41.0 Å². The van der Waals surface area contributed by atoms with E-state index < -0.39 is 10.0 Å². The number of fused-ring (bicyclic) bond motifs is 1. The fourth-order valence-electron chi connectivity index (χ4n) is 2.97. The molecule has 6 nitrogen and oxygen atoms in total. The predicted octanol–water partition coefficient (Wildman–Crippen LogP) is 3.50. The number of nitrogens with one attached hydrogen (secondary N) is 1. The van der Waals surface area contributed by atoms with E-state index in [4.69, 9.17) is 0 Å². The van der Waals surface area contributed by atoms with E-state index in [1.807, 2.05) is 18.2 Å². The normalized spacial score (nSPS) is 11.6. The number of imidazole rings is 1. The van der Waals surface area contributed by atoms with Crippen molar-refractivity contribution < 1.29 is 12.8 Å². The van der Waals surface area contributed by atoms with Gasteiger partial charge >= 0.3 is 0 Å². The molecule has 0 aliphatic rings. The highest BCUT2D eigenvalue weighted by Gasteiger charge is 2.10. The number of anilines is 1. The van der Waals surface area contributed by atoms with Crippen LogP contribution in [-0.2, 0) is 16.4 Å². The number of halogens is 1. The average Bonchev–Trinajstić information content (AvgIpc) is 3.06. The van der Waals surface area contributed by atoms with E-state index >= 15 is 0 Å². The molecule has 0 aliphatic heterocycles. The minimum Gasteiger partial charge on any atom is -0.284 e. The van der Waals surface area contributed by atoms with E-state index in [0.717, 1.165) is 28.8 Å². The first-order chi connectivity index (χ1) is 13.4. The third-order valence-electron chi connectivity index (χ3n) is 4.18. The molecule has 0 saturated carbocycles. The van der Waals surface area contributed by atoms with E-state index in [1.165, 1.54) is 12.1 Å². The highest BCUT2D eigenvalue weighted by molar-refractivity contribution is 7.92. The Hall–Kier alpha value is -3.26. The van der Waals surface area contributed by atoms with Crippen LogP contribution in [0.15, 0.2) is 66.9 Å². The van der Waals surface area contributed by atoms with E-state index in [9.17, 15) is 12.8 Å². The molecule has 0 aliphatic carbocycles. The van der Waals surface area contributed by atoms with Gasteiger partial charge in [-0.2, -0.15) is 5.10 Å². The standard InChI is InChI=1S/C20H17FN4O2S/c1-28(26,27)24-18-4-2-3-15(12-18)19-13-22-20-10-9-17(23-25(19)20)11-14-5-7-16(21)8-6-14/h2-10,12-13,24H,11H2,1H3. The summed E-state index contributed by atoms with van der Waals surface area (Å²) in [5, 5.41) is 4.66. The molecule has 0 unspecified atom stereocenters. The van der Waals surface area contributed by atoms with Gasteiger partial charge in [-0.3, -0.25) is 4.72 Å². The van der Waals surface area contributed by atoms with Crippen LogP contribution in [0.2, 0.25) is 0 Å². The van der Waals surface area contributed by atoms with Gasteiger partial charge in [0.25, 0.3) is 0 Å². The molecule has 142 valence electrons. The molecular weight excluding hydrogens is 379 g/mol. The van der Waals surface area contributed by atoms with Crippen LogP contribution in [0.25, 0.3) is 16.9 Å². The zero-order chi connectivity index (χ0) is 19.7. The summed E-state index contributed by atoms with van der Waals surface area (Å²) in [6, 6.07) is 17.1. The molecule has 0 atom stereocenters. The smallest absolute Gasteiger partial charge is 0.229 e. The van der Waals surface area contributed by atoms with Crippen LogP contribution in [0.5, 0.6) is 0 Å². The van der Waals surface area contributed by atoms with Gasteiger partial charge in [0, 0.05) is 17.7 Å². The summed E-state index contributed by atoms with van der Waals surface area (Å²) in [4.78, 5) is 4.37. The second kappa shape index (κ2) is 7.05. The molecule has 8 heteroatoms. The molecule has 28 heavy (non-hydrogen) atoms. The number of aromatic nitrogens is 3. The molecule has 4 rings (SSSR count). The maximum Gasteiger partial charge on any atom is 0.229 e. The number of sulfonamides is 1. The van der Waals surface area contributed by atoms with Gasteiger partial charge in [0.05, 0.1) is 23.8 Å². The summed E-state index contributed by atoms with van der Waals surface area (Å²) >= 11 is 0.